The summed E-state index contributed by atoms with van der Waals surface area (Å²) >= 11 is 0. The zero-order chi connectivity index (χ0) is 19.8. The number of hydrogen-bond acceptors (Lipinski definition) is 6. The topological polar surface area (TPSA) is 68.8 Å². The van der Waals surface area contributed by atoms with Crippen molar-refractivity contribution < 1.29 is 19.3 Å². The third-order valence-electron chi connectivity index (χ3n) is 4.09. The normalized spacial score (nSPS) is 10.4. The second-order valence-corrected chi connectivity index (χ2v) is 5.96. The third-order valence-corrected chi connectivity index (χ3v) is 4.09. The van der Waals surface area contributed by atoms with Crippen LogP contribution in [0.1, 0.15) is 15.9 Å². The maximum absolute atomic E-state index is 12.4. The number of nitrogens with one attached hydrogen (secondary N) is 2. The molecule has 0 amide bonds. The summed E-state index contributed by atoms with van der Waals surface area (Å²) in [5.74, 6) is -0.436. The molecule has 0 aliphatic rings. The van der Waals surface area contributed by atoms with Crippen LogP contribution in [0.25, 0.3) is 0 Å². The smallest absolute Gasteiger partial charge is 0.340 e. The number of carbonyl (C=O) groups is 1. The number of ether oxygens (including phenoxy) is 1. The fraction of sp³-hybridized carbons (Fsp3) is 0.136. The van der Waals surface area contributed by atoms with E-state index in [1.807, 2.05) is 66.7 Å². The Hall–Kier alpha value is -3.35. The molecule has 3 aromatic rings. The van der Waals surface area contributed by atoms with Crippen LogP contribution in [0.15, 0.2) is 72.8 Å². The highest BCUT2D eigenvalue weighted by atomic mass is 17.2. The van der Waals surface area contributed by atoms with Crippen LogP contribution in [-0.2, 0) is 21.1 Å². The van der Waals surface area contributed by atoms with E-state index in [-0.39, 0.29) is 6.61 Å². The Kier molecular flexibility index (Phi) is 6.62. The van der Waals surface area contributed by atoms with E-state index in [0.29, 0.717) is 11.3 Å². The van der Waals surface area contributed by atoms with Crippen LogP contribution in [0.2, 0.25) is 0 Å². The lowest BCUT2D eigenvalue weighted by Crippen LogP contribution is -2.09. The largest absolute Gasteiger partial charge is 0.465 e. The molecule has 0 spiro atoms. The molecule has 0 atom stereocenters. The van der Waals surface area contributed by atoms with Gasteiger partial charge in [-0.1, -0.05) is 36.4 Å². The van der Waals surface area contributed by atoms with Gasteiger partial charge in [0.05, 0.1) is 25.5 Å². The lowest BCUT2D eigenvalue weighted by Gasteiger charge is -2.18. The molecule has 0 aromatic heterocycles. The molecule has 0 unspecified atom stereocenters. The van der Waals surface area contributed by atoms with Gasteiger partial charge in [0.25, 0.3) is 0 Å². The Bertz CT molecular complexity index is 915. The van der Waals surface area contributed by atoms with Crippen LogP contribution < -0.4 is 10.6 Å². The van der Waals surface area contributed by atoms with Crippen LogP contribution in [0.4, 0.5) is 22.7 Å². The molecule has 144 valence electrons. The molecule has 0 aliphatic carbocycles. The van der Waals surface area contributed by atoms with Gasteiger partial charge in [-0.2, -0.15) is 0 Å². The molecule has 0 radical (unpaired) electrons. The van der Waals surface area contributed by atoms with Gasteiger partial charge < -0.3 is 15.4 Å². The van der Waals surface area contributed by atoms with Gasteiger partial charge in [-0.05, 0) is 36.4 Å². The summed E-state index contributed by atoms with van der Waals surface area (Å²) in [5, 5.41) is 6.59. The quantitative estimate of drug-likeness (QED) is 0.325. The van der Waals surface area contributed by atoms with Gasteiger partial charge in [-0.25, -0.2) is 14.6 Å². The van der Waals surface area contributed by atoms with Crippen molar-refractivity contribution >= 4 is 28.7 Å². The standard InChI is InChI=1S/C22H22N2O4/c1-26-22(25)19-14-20(23-17-9-5-3-6-10-17)16(15-28-27-2)13-21(19)24-18-11-7-4-8-12-18/h3-14,23-24H,15H2,1-2H3. The van der Waals surface area contributed by atoms with E-state index < -0.39 is 5.97 Å². The summed E-state index contributed by atoms with van der Waals surface area (Å²) < 4.78 is 4.98. The van der Waals surface area contributed by atoms with Gasteiger partial charge in [0.1, 0.15) is 6.61 Å². The van der Waals surface area contributed by atoms with Gasteiger partial charge >= 0.3 is 5.97 Å². The number of methoxy groups -OCH3 is 1. The highest BCUT2D eigenvalue weighted by molar-refractivity contribution is 5.98. The highest BCUT2D eigenvalue weighted by Gasteiger charge is 2.17. The van der Waals surface area contributed by atoms with Crippen LogP contribution in [0.5, 0.6) is 0 Å². The predicted molar refractivity (Wildman–Crippen MR) is 109 cm³/mol. The fourth-order valence-corrected chi connectivity index (χ4v) is 2.74. The third kappa shape index (κ3) is 4.88. The van der Waals surface area contributed by atoms with Crippen LogP contribution in [-0.4, -0.2) is 20.2 Å². The molecule has 0 heterocycles. The minimum absolute atomic E-state index is 0.205. The Morgan fingerprint density at radius 3 is 1.93 bits per heavy atom. The molecule has 28 heavy (non-hydrogen) atoms. The van der Waals surface area contributed by atoms with Gasteiger partial charge in [0.15, 0.2) is 0 Å². The van der Waals surface area contributed by atoms with Crippen molar-refractivity contribution in [3.05, 3.63) is 83.9 Å². The number of para-hydroxylation sites is 2. The van der Waals surface area contributed by atoms with E-state index in [2.05, 4.69) is 10.6 Å². The molecule has 0 saturated carbocycles. The van der Waals surface area contributed by atoms with E-state index in [0.717, 1.165) is 22.6 Å². The van der Waals surface area contributed by atoms with Crippen molar-refractivity contribution in [2.24, 2.45) is 0 Å². The van der Waals surface area contributed by atoms with E-state index >= 15 is 0 Å². The summed E-state index contributed by atoms with van der Waals surface area (Å²) in [7, 11) is 2.82. The lowest BCUT2D eigenvalue weighted by molar-refractivity contribution is -0.282. The maximum Gasteiger partial charge on any atom is 0.340 e. The molecule has 6 heteroatoms. The SMILES string of the molecule is COOCc1cc(Nc2ccccc2)c(C(=O)OC)cc1Nc1ccccc1. The number of rotatable bonds is 8. The second-order valence-electron chi connectivity index (χ2n) is 5.96. The number of hydrogen-bond donors (Lipinski definition) is 2. The Morgan fingerprint density at radius 1 is 0.821 bits per heavy atom. The van der Waals surface area contributed by atoms with Crippen LogP contribution >= 0.6 is 0 Å². The van der Waals surface area contributed by atoms with Gasteiger partial charge in [0.2, 0.25) is 0 Å². The average molecular weight is 378 g/mol. The van der Waals surface area contributed by atoms with Crippen LogP contribution in [0.3, 0.4) is 0 Å². The molecule has 2 N–H and O–H groups in total. The summed E-state index contributed by atoms with van der Waals surface area (Å²) in [6, 6.07) is 22.9. The van der Waals surface area contributed by atoms with Gasteiger partial charge in [-0.3, -0.25) is 0 Å². The molecule has 0 fully saturated rings. The van der Waals surface area contributed by atoms with Crippen molar-refractivity contribution in [1.82, 2.24) is 0 Å². The molecular weight excluding hydrogens is 356 g/mol. The molecule has 0 saturated heterocycles. The number of esters is 1. The zero-order valence-electron chi connectivity index (χ0n) is 15.8. The molecule has 0 aliphatic heterocycles. The summed E-state index contributed by atoms with van der Waals surface area (Å²) in [5.41, 5.74) is 4.31. The van der Waals surface area contributed by atoms with E-state index in [1.54, 1.807) is 6.07 Å². The fourth-order valence-electron chi connectivity index (χ4n) is 2.74. The molecular formula is C22H22N2O4. The van der Waals surface area contributed by atoms with E-state index in [1.165, 1.54) is 14.2 Å². The number of benzene rings is 3. The summed E-state index contributed by atoms with van der Waals surface area (Å²) in [6.07, 6.45) is 0. The molecule has 0 bridgehead atoms. The Balaban J connectivity index is 2.03. The number of carbonyl (C=O) groups excluding carboxylic acids is 1. The Morgan fingerprint density at radius 2 is 1.39 bits per heavy atom. The first kappa shape index (κ1) is 19.4. The first-order valence-corrected chi connectivity index (χ1v) is 8.76. The van der Waals surface area contributed by atoms with Gasteiger partial charge in [0, 0.05) is 22.6 Å². The molecule has 3 rings (SSSR count). The zero-order valence-corrected chi connectivity index (χ0v) is 15.8. The number of anilines is 4. The molecule has 3 aromatic carbocycles. The first-order chi connectivity index (χ1) is 13.7. The van der Waals surface area contributed by atoms with E-state index in [4.69, 9.17) is 14.5 Å². The van der Waals surface area contributed by atoms with Crippen molar-refractivity contribution in [3.63, 3.8) is 0 Å². The minimum atomic E-state index is -0.436. The van der Waals surface area contributed by atoms with Crippen LogP contribution in [0, 0.1) is 0 Å². The van der Waals surface area contributed by atoms with Crippen molar-refractivity contribution in [2.75, 3.05) is 24.9 Å². The van der Waals surface area contributed by atoms with Crippen molar-refractivity contribution in [1.29, 1.82) is 0 Å². The highest BCUT2D eigenvalue weighted by Crippen LogP contribution is 2.31. The summed E-state index contributed by atoms with van der Waals surface area (Å²) in [6.45, 7) is 0.205. The average Bonchev–Trinajstić information content (AvgIpc) is 2.74. The van der Waals surface area contributed by atoms with Crippen molar-refractivity contribution in [2.45, 2.75) is 6.61 Å². The molecule has 6 nitrogen and oxygen atoms in total. The van der Waals surface area contributed by atoms with Gasteiger partial charge in [-0.15, -0.1) is 0 Å². The maximum atomic E-state index is 12.4. The van der Waals surface area contributed by atoms with E-state index in [9.17, 15) is 4.79 Å². The second kappa shape index (κ2) is 9.55. The Labute approximate surface area is 164 Å². The predicted octanol–water partition coefficient (Wildman–Crippen LogP) is 5.04. The minimum Gasteiger partial charge on any atom is -0.465 e. The monoisotopic (exact) mass is 378 g/mol. The summed E-state index contributed by atoms with van der Waals surface area (Å²) in [4.78, 5) is 22.3. The lowest BCUT2D eigenvalue weighted by atomic mass is 10.1. The van der Waals surface area contributed by atoms with Crippen molar-refractivity contribution in [3.8, 4) is 0 Å². The first-order valence-electron chi connectivity index (χ1n) is 8.76.